The van der Waals surface area contributed by atoms with Gasteiger partial charge in [0.2, 0.25) is 0 Å². The topological polar surface area (TPSA) is 119 Å². The highest BCUT2D eigenvalue weighted by atomic mass is 19.3. The smallest absolute Gasteiger partial charge is 0.387 e. The highest BCUT2D eigenvalue weighted by Gasteiger charge is 2.23. The fourth-order valence-electron chi connectivity index (χ4n) is 5.41. The van der Waals surface area contributed by atoms with Crippen LogP contribution in [0.5, 0.6) is 17.2 Å². The number of carbonyl (C=O) groups is 1. The number of carbonyl (C=O) groups excluding carboxylic acids is 1. The third-order valence-electron chi connectivity index (χ3n) is 7.45. The van der Waals surface area contributed by atoms with Crippen molar-refractivity contribution in [1.82, 2.24) is 29.3 Å². The Morgan fingerprint density at radius 2 is 2.00 bits per heavy atom. The van der Waals surface area contributed by atoms with Crippen molar-refractivity contribution in [3.63, 3.8) is 0 Å². The first-order chi connectivity index (χ1) is 21.4. The van der Waals surface area contributed by atoms with Crippen LogP contribution in [0.25, 0.3) is 16.9 Å². The van der Waals surface area contributed by atoms with E-state index in [1.165, 1.54) is 27.5 Å². The number of halogens is 2. The highest BCUT2D eigenvalue weighted by Crippen LogP contribution is 2.39. The van der Waals surface area contributed by atoms with Gasteiger partial charge in [0, 0.05) is 45.3 Å². The zero-order valence-electron chi connectivity index (χ0n) is 23.9. The summed E-state index contributed by atoms with van der Waals surface area (Å²) in [6.45, 7) is -0.224. The number of nitrogens with zero attached hydrogens (tertiary/aromatic N) is 6. The molecule has 2 aromatic carbocycles. The van der Waals surface area contributed by atoms with Crippen molar-refractivity contribution in [2.45, 2.75) is 26.0 Å². The summed E-state index contributed by atoms with van der Waals surface area (Å²) >= 11 is 0. The van der Waals surface area contributed by atoms with Crippen LogP contribution in [0, 0.1) is 5.92 Å². The average molecular weight is 604 g/mol. The van der Waals surface area contributed by atoms with E-state index in [2.05, 4.69) is 25.4 Å². The number of aryl methyl sites for hydroxylation is 1. The van der Waals surface area contributed by atoms with Gasteiger partial charge < -0.3 is 19.9 Å². The molecule has 6 rings (SSSR count). The number of hydrogen-bond donors (Lipinski definition) is 2. The summed E-state index contributed by atoms with van der Waals surface area (Å²) in [4.78, 5) is 19.8. The Balaban J connectivity index is 1.23. The molecule has 0 saturated carbocycles. The van der Waals surface area contributed by atoms with Crippen LogP contribution in [0.15, 0.2) is 73.3 Å². The number of fused-ring (bicyclic) bond motifs is 1. The fourth-order valence-corrected chi connectivity index (χ4v) is 5.41. The molecule has 2 N–H and O–H groups in total. The van der Waals surface area contributed by atoms with Crippen LogP contribution in [-0.2, 0) is 13.6 Å². The molecule has 1 fully saturated rings. The summed E-state index contributed by atoms with van der Waals surface area (Å²) in [5.74, 6) is 0.620. The van der Waals surface area contributed by atoms with Crippen molar-refractivity contribution >= 4 is 17.2 Å². The monoisotopic (exact) mass is 603 g/mol. The number of benzene rings is 2. The minimum absolute atomic E-state index is 0.128. The van der Waals surface area contributed by atoms with Crippen molar-refractivity contribution in [2.24, 2.45) is 13.0 Å². The summed E-state index contributed by atoms with van der Waals surface area (Å²) in [6.07, 6.45) is 8.31. The average Bonchev–Trinajstić information content (AvgIpc) is 3.62. The molecular weight excluding hydrogens is 572 g/mol. The second-order valence-electron chi connectivity index (χ2n) is 10.7. The zero-order chi connectivity index (χ0) is 30.6. The number of anilines is 1. The van der Waals surface area contributed by atoms with Gasteiger partial charge in [0.1, 0.15) is 28.5 Å². The van der Waals surface area contributed by atoms with Gasteiger partial charge in [-0.25, -0.2) is 9.50 Å². The minimum atomic E-state index is -3.08. The minimum Gasteiger partial charge on any atom is -0.457 e. The predicted molar refractivity (Wildman–Crippen MR) is 158 cm³/mol. The lowest BCUT2D eigenvalue weighted by Crippen LogP contribution is -2.36. The molecular formula is C31H31F2N7O4. The van der Waals surface area contributed by atoms with E-state index in [0.29, 0.717) is 23.1 Å². The summed E-state index contributed by atoms with van der Waals surface area (Å²) < 4.78 is 40.6. The molecule has 3 aromatic heterocycles. The van der Waals surface area contributed by atoms with Gasteiger partial charge >= 0.3 is 6.61 Å². The molecule has 0 spiro atoms. The molecule has 1 aliphatic heterocycles. The molecule has 0 radical (unpaired) electrons. The van der Waals surface area contributed by atoms with E-state index < -0.39 is 12.5 Å². The molecule has 44 heavy (non-hydrogen) atoms. The molecule has 228 valence electrons. The van der Waals surface area contributed by atoms with Crippen LogP contribution in [0.4, 0.5) is 14.5 Å². The predicted octanol–water partition coefficient (Wildman–Crippen LogP) is 4.98. The van der Waals surface area contributed by atoms with Gasteiger partial charge in [-0.2, -0.15) is 19.0 Å². The molecule has 0 aliphatic carbocycles. The van der Waals surface area contributed by atoms with Crippen LogP contribution in [0.1, 0.15) is 28.8 Å². The van der Waals surface area contributed by atoms with Crippen molar-refractivity contribution in [3.05, 3.63) is 84.4 Å². The van der Waals surface area contributed by atoms with Crippen LogP contribution in [0.2, 0.25) is 0 Å². The van der Waals surface area contributed by atoms with Gasteiger partial charge in [0.05, 0.1) is 17.4 Å². The number of piperidine rings is 1. The lowest BCUT2D eigenvalue weighted by molar-refractivity contribution is -0.0494. The zero-order valence-corrected chi connectivity index (χ0v) is 23.9. The van der Waals surface area contributed by atoms with Crippen LogP contribution < -0.4 is 14.8 Å². The van der Waals surface area contributed by atoms with E-state index in [4.69, 9.17) is 9.47 Å². The van der Waals surface area contributed by atoms with Gasteiger partial charge in [-0.15, -0.1) is 0 Å². The third kappa shape index (κ3) is 6.53. The number of aromatic nitrogens is 5. The molecule has 4 heterocycles. The van der Waals surface area contributed by atoms with E-state index in [9.17, 15) is 18.7 Å². The SMILES string of the molecule is Cn1cc(NC(=O)c2cnn3cccnc23)c(-c2cc(Oc3ccc(CN4CCC[C@H](CO)C4)cc3)ccc2OC(F)F)n1. The first-order valence-corrected chi connectivity index (χ1v) is 14.2. The number of rotatable bonds is 10. The second-order valence-corrected chi connectivity index (χ2v) is 10.7. The van der Waals surface area contributed by atoms with Crippen molar-refractivity contribution in [3.8, 4) is 28.5 Å². The maximum absolute atomic E-state index is 13.4. The van der Waals surface area contributed by atoms with E-state index in [-0.39, 0.29) is 34.9 Å². The van der Waals surface area contributed by atoms with Gasteiger partial charge in [0.25, 0.3) is 5.91 Å². The second kappa shape index (κ2) is 12.8. The maximum Gasteiger partial charge on any atom is 0.387 e. The van der Waals surface area contributed by atoms with Crippen molar-refractivity contribution in [2.75, 3.05) is 25.0 Å². The Morgan fingerprint density at radius 1 is 1.18 bits per heavy atom. The van der Waals surface area contributed by atoms with Crippen molar-refractivity contribution < 1.29 is 28.2 Å². The van der Waals surface area contributed by atoms with Crippen LogP contribution >= 0.6 is 0 Å². The van der Waals surface area contributed by atoms with E-state index in [1.807, 2.05) is 24.3 Å². The number of nitrogens with one attached hydrogen (secondary N) is 1. The first-order valence-electron chi connectivity index (χ1n) is 14.2. The highest BCUT2D eigenvalue weighted by molar-refractivity contribution is 6.09. The number of amides is 1. The van der Waals surface area contributed by atoms with Gasteiger partial charge in [-0.05, 0) is 67.3 Å². The quantitative estimate of drug-likeness (QED) is 0.230. The van der Waals surface area contributed by atoms with Crippen LogP contribution in [0.3, 0.4) is 0 Å². The molecule has 11 nitrogen and oxygen atoms in total. The Bertz CT molecular complexity index is 1760. The fraction of sp³-hybridized carbons (Fsp3) is 0.290. The number of ether oxygens (including phenoxy) is 2. The number of hydrogen-bond acceptors (Lipinski definition) is 8. The van der Waals surface area contributed by atoms with Crippen LogP contribution in [-0.4, -0.2) is 66.6 Å². The normalized spacial score (nSPS) is 15.5. The lowest BCUT2D eigenvalue weighted by Gasteiger charge is -2.31. The van der Waals surface area contributed by atoms with E-state index in [1.54, 1.807) is 37.8 Å². The Morgan fingerprint density at radius 3 is 2.80 bits per heavy atom. The molecule has 1 amide bonds. The largest absolute Gasteiger partial charge is 0.457 e. The summed E-state index contributed by atoms with van der Waals surface area (Å²) in [5.41, 5.74) is 2.41. The summed E-state index contributed by atoms with van der Waals surface area (Å²) in [7, 11) is 1.65. The first kappa shape index (κ1) is 29.2. The molecule has 1 aliphatic rings. The number of likely N-dealkylation sites (tertiary alicyclic amines) is 1. The van der Waals surface area contributed by atoms with E-state index >= 15 is 0 Å². The van der Waals surface area contributed by atoms with E-state index in [0.717, 1.165) is 38.0 Å². The van der Waals surface area contributed by atoms with Crippen molar-refractivity contribution in [1.29, 1.82) is 0 Å². The summed E-state index contributed by atoms with van der Waals surface area (Å²) in [5, 5.41) is 20.9. The Kier molecular flexibility index (Phi) is 8.48. The molecule has 0 unspecified atom stereocenters. The standard InChI is InChI=1S/C31H31F2N7O4/c1-38-18-26(36-30(42)25-15-35-40-13-3-11-34-29(25)40)28(37-38)24-14-23(9-10-27(24)44-31(32)33)43-22-7-5-20(6-8-22)16-39-12-2-4-21(17-39)19-41/h3,5-11,13-15,18,21,31,41H,2,4,12,16-17,19H2,1H3,(H,36,42)/t21-/m0/s1. The lowest BCUT2D eigenvalue weighted by atomic mass is 9.98. The number of aliphatic hydroxyl groups excluding tert-OH is 1. The molecule has 1 saturated heterocycles. The Hall–Kier alpha value is -4.88. The Labute approximate surface area is 251 Å². The van der Waals surface area contributed by atoms with Gasteiger partial charge in [-0.3, -0.25) is 14.4 Å². The summed E-state index contributed by atoms with van der Waals surface area (Å²) in [6, 6.07) is 13.8. The van der Waals surface area contributed by atoms with Gasteiger partial charge in [0.15, 0.2) is 5.65 Å². The molecule has 1 atom stereocenters. The number of alkyl halides is 2. The molecule has 13 heteroatoms. The third-order valence-corrected chi connectivity index (χ3v) is 7.45. The maximum atomic E-state index is 13.4. The molecule has 0 bridgehead atoms. The number of aliphatic hydroxyl groups is 1. The van der Waals surface area contributed by atoms with Gasteiger partial charge in [-0.1, -0.05) is 12.1 Å². The molecule has 5 aromatic rings.